The molecule has 0 aliphatic heterocycles. The molecular formula is C24H31FN2O. The molecule has 1 aliphatic rings. The number of alkyl halides is 1. The number of rotatable bonds is 9. The fourth-order valence-corrected chi connectivity index (χ4v) is 3.38. The Morgan fingerprint density at radius 2 is 2.18 bits per heavy atom. The van der Waals surface area contributed by atoms with Crippen molar-refractivity contribution in [1.29, 1.82) is 0 Å². The summed E-state index contributed by atoms with van der Waals surface area (Å²) < 4.78 is 19.4. The Bertz CT molecular complexity index is 816. The average molecular weight is 383 g/mol. The van der Waals surface area contributed by atoms with E-state index in [1.54, 1.807) is 19.2 Å². The van der Waals surface area contributed by atoms with Gasteiger partial charge in [0.2, 0.25) is 5.88 Å². The minimum Gasteiger partial charge on any atom is -0.474 e. The normalized spacial score (nSPS) is 21.5. The zero-order chi connectivity index (χ0) is 20.3. The third-order valence-corrected chi connectivity index (χ3v) is 5.63. The van der Waals surface area contributed by atoms with Crippen LogP contribution >= 0.6 is 0 Å². The number of nitrogens with zero attached hydrogens (tertiary/aromatic N) is 1. The molecule has 0 saturated heterocycles. The lowest BCUT2D eigenvalue weighted by Gasteiger charge is -2.19. The Hall–Kier alpha value is -2.36. The molecule has 4 heteroatoms. The van der Waals surface area contributed by atoms with E-state index in [-0.39, 0.29) is 12.6 Å². The SMILES string of the molecule is C=C(NC(C)c1ccc(OCC(C)(F)CC)nc1)C1CC1c1cccc(C)c1. The number of aryl methyl sites for hydroxylation is 1. The second kappa shape index (κ2) is 8.34. The van der Waals surface area contributed by atoms with Crippen LogP contribution in [0.5, 0.6) is 5.88 Å². The average Bonchev–Trinajstić information content (AvgIpc) is 3.48. The zero-order valence-corrected chi connectivity index (χ0v) is 17.3. The highest BCUT2D eigenvalue weighted by atomic mass is 19.1. The van der Waals surface area contributed by atoms with Crippen molar-refractivity contribution in [2.75, 3.05) is 6.61 Å². The number of hydrogen-bond donors (Lipinski definition) is 1. The summed E-state index contributed by atoms with van der Waals surface area (Å²) >= 11 is 0. The molecule has 4 unspecified atom stereocenters. The number of nitrogens with one attached hydrogen (secondary N) is 1. The van der Waals surface area contributed by atoms with Crippen LogP contribution in [0.2, 0.25) is 0 Å². The van der Waals surface area contributed by atoms with Crippen LogP contribution < -0.4 is 10.1 Å². The summed E-state index contributed by atoms with van der Waals surface area (Å²) in [6.07, 6.45) is 3.35. The molecule has 1 saturated carbocycles. The van der Waals surface area contributed by atoms with Crippen LogP contribution in [0, 0.1) is 12.8 Å². The molecule has 0 bridgehead atoms. The quantitative estimate of drug-likeness (QED) is 0.588. The van der Waals surface area contributed by atoms with Gasteiger partial charge in [-0.25, -0.2) is 9.37 Å². The third kappa shape index (κ3) is 5.12. The van der Waals surface area contributed by atoms with Gasteiger partial charge in [-0.1, -0.05) is 49.4 Å². The van der Waals surface area contributed by atoms with Gasteiger partial charge in [-0.3, -0.25) is 0 Å². The maximum absolute atomic E-state index is 13.9. The van der Waals surface area contributed by atoms with Gasteiger partial charge in [0.25, 0.3) is 0 Å². The first-order valence-electron chi connectivity index (χ1n) is 10.1. The molecule has 1 heterocycles. The van der Waals surface area contributed by atoms with Gasteiger partial charge in [0.15, 0.2) is 0 Å². The zero-order valence-electron chi connectivity index (χ0n) is 17.3. The van der Waals surface area contributed by atoms with E-state index in [4.69, 9.17) is 4.74 Å². The molecule has 2 aromatic rings. The molecule has 1 fully saturated rings. The van der Waals surface area contributed by atoms with Crippen LogP contribution in [-0.4, -0.2) is 17.3 Å². The van der Waals surface area contributed by atoms with Crippen LogP contribution in [0.15, 0.2) is 54.9 Å². The van der Waals surface area contributed by atoms with Crippen molar-refractivity contribution in [1.82, 2.24) is 10.3 Å². The molecular weight excluding hydrogens is 351 g/mol. The molecule has 3 nitrogen and oxygen atoms in total. The van der Waals surface area contributed by atoms with E-state index >= 15 is 0 Å². The molecule has 28 heavy (non-hydrogen) atoms. The largest absolute Gasteiger partial charge is 0.474 e. The summed E-state index contributed by atoms with van der Waals surface area (Å²) in [5.74, 6) is 1.50. The molecule has 0 spiro atoms. The monoisotopic (exact) mass is 382 g/mol. The molecule has 1 aromatic heterocycles. The molecule has 0 amide bonds. The predicted octanol–water partition coefficient (Wildman–Crippen LogP) is 5.88. The maximum atomic E-state index is 13.9. The second-order valence-corrected chi connectivity index (χ2v) is 8.24. The van der Waals surface area contributed by atoms with E-state index in [0.29, 0.717) is 24.1 Å². The van der Waals surface area contributed by atoms with Gasteiger partial charge >= 0.3 is 0 Å². The number of aromatic nitrogens is 1. The highest BCUT2D eigenvalue weighted by Crippen LogP contribution is 2.51. The van der Waals surface area contributed by atoms with Gasteiger partial charge in [-0.2, -0.15) is 0 Å². The number of hydrogen-bond acceptors (Lipinski definition) is 3. The number of benzene rings is 1. The predicted molar refractivity (Wildman–Crippen MR) is 112 cm³/mol. The van der Waals surface area contributed by atoms with Gasteiger partial charge in [-0.05, 0) is 50.7 Å². The number of ether oxygens (including phenoxy) is 1. The van der Waals surface area contributed by atoms with Crippen molar-refractivity contribution in [3.05, 3.63) is 71.6 Å². The Balaban J connectivity index is 1.52. The molecule has 150 valence electrons. The number of allylic oxidation sites excluding steroid dienone is 1. The van der Waals surface area contributed by atoms with Crippen molar-refractivity contribution >= 4 is 0 Å². The summed E-state index contributed by atoms with van der Waals surface area (Å²) in [4.78, 5) is 4.32. The van der Waals surface area contributed by atoms with E-state index in [9.17, 15) is 4.39 Å². The fraction of sp³-hybridized carbons (Fsp3) is 0.458. The summed E-state index contributed by atoms with van der Waals surface area (Å²) in [5.41, 5.74) is 3.51. The van der Waals surface area contributed by atoms with Crippen molar-refractivity contribution < 1.29 is 9.13 Å². The Morgan fingerprint density at radius 3 is 2.82 bits per heavy atom. The van der Waals surface area contributed by atoms with Crippen molar-refractivity contribution in [2.45, 2.75) is 58.2 Å². The van der Waals surface area contributed by atoms with Gasteiger partial charge in [0.1, 0.15) is 12.3 Å². The van der Waals surface area contributed by atoms with Crippen molar-refractivity contribution in [2.24, 2.45) is 5.92 Å². The summed E-state index contributed by atoms with van der Waals surface area (Å²) in [7, 11) is 0. The topological polar surface area (TPSA) is 34.1 Å². The Kier molecular flexibility index (Phi) is 6.07. The minimum absolute atomic E-state index is 0.0164. The molecule has 4 atom stereocenters. The Labute approximate surface area is 168 Å². The van der Waals surface area contributed by atoms with E-state index in [0.717, 1.165) is 17.7 Å². The highest BCUT2D eigenvalue weighted by molar-refractivity contribution is 5.33. The second-order valence-electron chi connectivity index (χ2n) is 8.24. The molecule has 1 aliphatic carbocycles. The number of halogens is 1. The van der Waals surface area contributed by atoms with Gasteiger partial charge in [0, 0.05) is 29.9 Å². The van der Waals surface area contributed by atoms with E-state index in [1.165, 1.54) is 11.1 Å². The minimum atomic E-state index is -1.33. The molecule has 0 radical (unpaired) electrons. The van der Waals surface area contributed by atoms with E-state index in [2.05, 4.69) is 55.0 Å². The van der Waals surface area contributed by atoms with Crippen LogP contribution in [0.1, 0.15) is 62.3 Å². The third-order valence-electron chi connectivity index (χ3n) is 5.63. The first-order valence-corrected chi connectivity index (χ1v) is 10.1. The first-order chi connectivity index (χ1) is 13.3. The molecule has 3 rings (SSSR count). The summed E-state index contributed by atoms with van der Waals surface area (Å²) in [6, 6.07) is 12.6. The molecule has 1 N–H and O–H groups in total. The van der Waals surface area contributed by atoms with Crippen LogP contribution in [-0.2, 0) is 0 Å². The number of pyridine rings is 1. The first kappa shape index (κ1) is 20.4. The highest BCUT2D eigenvalue weighted by Gasteiger charge is 2.40. The maximum Gasteiger partial charge on any atom is 0.213 e. The summed E-state index contributed by atoms with van der Waals surface area (Å²) in [6.45, 7) is 11.9. The van der Waals surface area contributed by atoms with Crippen molar-refractivity contribution in [3.8, 4) is 5.88 Å². The smallest absolute Gasteiger partial charge is 0.213 e. The van der Waals surface area contributed by atoms with Crippen LogP contribution in [0.4, 0.5) is 4.39 Å². The van der Waals surface area contributed by atoms with Crippen LogP contribution in [0.3, 0.4) is 0 Å². The fourth-order valence-electron chi connectivity index (χ4n) is 3.38. The lowest BCUT2D eigenvalue weighted by Crippen LogP contribution is -2.26. The lowest BCUT2D eigenvalue weighted by molar-refractivity contribution is 0.0956. The van der Waals surface area contributed by atoms with Gasteiger partial charge in [0.05, 0.1) is 0 Å². The van der Waals surface area contributed by atoms with E-state index < -0.39 is 5.67 Å². The summed E-state index contributed by atoms with van der Waals surface area (Å²) in [5, 5.41) is 3.52. The molecule has 1 aromatic carbocycles. The van der Waals surface area contributed by atoms with Gasteiger partial charge < -0.3 is 10.1 Å². The van der Waals surface area contributed by atoms with E-state index in [1.807, 2.05) is 13.0 Å². The van der Waals surface area contributed by atoms with Crippen molar-refractivity contribution in [3.63, 3.8) is 0 Å². The lowest BCUT2D eigenvalue weighted by atomic mass is 10.0. The van der Waals surface area contributed by atoms with Gasteiger partial charge in [-0.15, -0.1) is 0 Å². The van der Waals surface area contributed by atoms with Crippen LogP contribution in [0.25, 0.3) is 0 Å². The standard InChI is InChI=1S/C24H31FN2O/c1-6-24(5,25)15-28-23-11-10-20(14-26-23)17(3)27-18(4)21-13-22(21)19-9-7-8-16(2)12-19/h7-12,14,17,21-22,27H,4,6,13,15H2,1-3,5H3. The Morgan fingerprint density at radius 1 is 1.39 bits per heavy atom.